The van der Waals surface area contributed by atoms with Crippen LogP contribution in [0.4, 0.5) is 0 Å². The highest BCUT2D eigenvalue weighted by atomic mass is 16.5. The van der Waals surface area contributed by atoms with E-state index in [1.165, 1.54) is 5.56 Å². The van der Waals surface area contributed by atoms with Gasteiger partial charge in [0.1, 0.15) is 5.75 Å². The van der Waals surface area contributed by atoms with Crippen LogP contribution in [0, 0.1) is 0 Å². The number of aryl methyl sites for hydroxylation is 1. The quantitative estimate of drug-likeness (QED) is 0.301. The number of aromatic nitrogens is 2. The number of hydrogen-bond acceptors (Lipinski definition) is 5. The second-order valence-corrected chi connectivity index (χ2v) is 8.88. The summed E-state index contributed by atoms with van der Waals surface area (Å²) in [6.45, 7) is 3.56. The lowest BCUT2D eigenvalue weighted by Crippen LogP contribution is -2.37. The molecule has 2 aromatic carbocycles. The molecule has 0 saturated heterocycles. The first-order valence-corrected chi connectivity index (χ1v) is 12.2. The monoisotopic (exact) mass is 484 g/mol. The van der Waals surface area contributed by atoms with Crippen molar-refractivity contribution in [3.05, 3.63) is 107 Å². The number of carbonyl (C=O) groups is 1. The molecule has 186 valence electrons. The maximum atomic E-state index is 12.7. The molecule has 0 radical (unpaired) electrons. The normalized spacial score (nSPS) is 11.1. The van der Waals surface area contributed by atoms with Gasteiger partial charge in [-0.25, -0.2) is 0 Å². The summed E-state index contributed by atoms with van der Waals surface area (Å²) in [5.74, 6) is 0.812. The molecule has 0 aliphatic carbocycles. The first-order chi connectivity index (χ1) is 17.5. The molecule has 36 heavy (non-hydrogen) atoms. The van der Waals surface area contributed by atoms with Crippen LogP contribution < -0.4 is 10.3 Å². The second-order valence-electron chi connectivity index (χ2n) is 8.88. The van der Waals surface area contributed by atoms with Gasteiger partial charge in [-0.1, -0.05) is 18.2 Å². The van der Waals surface area contributed by atoms with Gasteiger partial charge < -0.3 is 14.2 Å². The van der Waals surface area contributed by atoms with E-state index in [0.29, 0.717) is 18.7 Å². The van der Waals surface area contributed by atoms with Crippen molar-refractivity contribution in [2.45, 2.75) is 13.0 Å². The van der Waals surface area contributed by atoms with Gasteiger partial charge in [-0.2, -0.15) is 0 Å². The van der Waals surface area contributed by atoms with Crippen molar-refractivity contribution >= 4 is 16.8 Å². The van der Waals surface area contributed by atoms with Gasteiger partial charge in [0.15, 0.2) is 0 Å². The molecule has 0 saturated carbocycles. The van der Waals surface area contributed by atoms with Gasteiger partial charge in [-0.05, 0) is 60.5 Å². The summed E-state index contributed by atoms with van der Waals surface area (Å²) in [5, 5.41) is 0.972. The number of carbonyl (C=O) groups excluding carboxylic acids is 1. The fraction of sp³-hybridized carbons (Fsp3) is 0.276. The number of benzene rings is 2. The van der Waals surface area contributed by atoms with E-state index >= 15 is 0 Å². The summed E-state index contributed by atoms with van der Waals surface area (Å²) >= 11 is 0. The van der Waals surface area contributed by atoms with Crippen LogP contribution in [0.25, 0.3) is 10.9 Å². The fourth-order valence-corrected chi connectivity index (χ4v) is 4.14. The highest BCUT2D eigenvalue weighted by Gasteiger charge is 2.13. The van der Waals surface area contributed by atoms with Crippen LogP contribution in [0.1, 0.15) is 22.3 Å². The van der Waals surface area contributed by atoms with Crippen molar-refractivity contribution in [1.29, 1.82) is 0 Å². The van der Waals surface area contributed by atoms with Crippen molar-refractivity contribution < 1.29 is 9.53 Å². The minimum Gasteiger partial charge on any atom is -0.494 e. The molecule has 7 heteroatoms. The van der Waals surface area contributed by atoms with Crippen molar-refractivity contribution in [3.63, 3.8) is 0 Å². The predicted molar refractivity (Wildman–Crippen MR) is 142 cm³/mol. The van der Waals surface area contributed by atoms with Crippen LogP contribution in [0.5, 0.6) is 5.75 Å². The molecule has 2 aromatic heterocycles. The Kier molecular flexibility index (Phi) is 8.47. The molecule has 1 amide bonds. The van der Waals surface area contributed by atoms with Gasteiger partial charge in [-0.3, -0.25) is 19.5 Å². The lowest BCUT2D eigenvalue weighted by atomic mass is 10.2. The van der Waals surface area contributed by atoms with Gasteiger partial charge in [-0.15, -0.1) is 0 Å². The third kappa shape index (κ3) is 6.58. The molecule has 0 unspecified atom stereocenters. The first kappa shape index (κ1) is 25.1. The molecule has 4 aromatic rings. The molecule has 0 spiro atoms. The van der Waals surface area contributed by atoms with E-state index in [0.717, 1.165) is 42.7 Å². The number of ether oxygens (including phenoxy) is 1. The van der Waals surface area contributed by atoms with Crippen LogP contribution in [0.15, 0.2) is 90.0 Å². The molecular formula is C29H32N4O3. The fourth-order valence-electron chi connectivity index (χ4n) is 4.14. The molecule has 0 N–H and O–H groups in total. The van der Waals surface area contributed by atoms with Crippen molar-refractivity contribution in [1.82, 2.24) is 19.4 Å². The Bertz CT molecular complexity index is 1340. The maximum absolute atomic E-state index is 12.7. The number of fused-ring (bicyclic) bond motifs is 1. The zero-order valence-electron chi connectivity index (χ0n) is 20.8. The highest BCUT2D eigenvalue weighted by Crippen LogP contribution is 2.19. The number of likely N-dealkylation sites (N-methyl/N-ethyl adjacent to an activating group) is 1. The summed E-state index contributed by atoms with van der Waals surface area (Å²) in [4.78, 5) is 32.8. The third-order valence-electron chi connectivity index (χ3n) is 6.26. The zero-order chi connectivity index (χ0) is 25.3. The molecule has 0 fully saturated rings. The summed E-state index contributed by atoms with van der Waals surface area (Å²) in [5.41, 5.74) is 2.74. The Labute approximate surface area is 211 Å². The van der Waals surface area contributed by atoms with Crippen molar-refractivity contribution in [3.8, 4) is 5.75 Å². The minimum absolute atomic E-state index is 0.0246. The standard InChI is InChI=1S/C29H32N4O3/c1-31(29(35)24-7-4-3-5-8-24)18-19-33(22-23-13-15-30-16-14-23)17-6-20-36-26-10-11-27-25(21-26)9-12-28(34)32(27)2/h3-5,7-16,21H,6,17-20,22H2,1-2H3. The third-order valence-corrected chi connectivity index (χ3v) is 6.26. The Morgan fingerprint density at radius 1 is 0.944 bits per heavy atom. The molecule has 0 atom stereocenters. The number of hydrogen-bond donors (Lipinski definition) is 0. The second kappa shape index (κ2) is 12.1. The van der Waals surface area contributed by atoms with Crippen LogP contribution >= 0.6 is 0 Å². The van der Waals surface area contributed by atoms with E-state index in [-0.39, 0.29) is 11.5 Å². The van der Waals surface area contributed by atoms with E-state index in [1.807, 2.05) is 73.8 Å². The number of rotatable bonds is 11. The number of pyridine rings is 2. The molecule has 2 heterocycles. The lowest BCUT2D eigenvalue weighted by Gasteiger charge is -2.26. The van der Waals surface area contributed by atoms with Crippen LogP contribution in [-0.4, -0.2) is 58.5 Å². The summed E-state index contributed by atoms with van der Waals surface area (Å²) in [7, 11) is 3.62. The first-order valence-electron chi connectivity index (χ1n) is 12.2. The largest absolute Gasteiger partial charge is 0.494 e. The van der Waals surface area contributed by atoms with Gasteiger partial charge in [0, 0.05) is 69.7 Å². The highest BCUT2D eigenvalue weighted by molar-refractivity contribution is 5.94. The van der Waals surface area contributed by atoms with Gasteiger partial charge in [0.25, 0.3) is 11.5 Å². The van der Waals surface area contributed by atoms with E-state index in [9.17, 15) is 9.59 Å². The summed E-state index contributed by atoms with van der Waals surface area (Å²) in [6, 6.07) is 22.6. The topological polar surface area (TPSA) is 67.7 Å². The van der Waals surface area contributed by atoms with Crippen LogP contribution in [0.3, 0.4) is 0 Å². The zero-order valence-corrected chi connectivity index (χ0v) is 20.8. The molecular weight excluding hydrogens is 452 g/mol. The minimum atomic E-state index is -0.0263. The molecule has 0 aliphatic heterocycles. The smallest absolute Gasteiger partial charge is 0.253 e. The van der Waals surface area contributed by atoms with Crippen molar-refractivity contribution in [2.24, 2.45) is 7.05 Å². The van der Waals surface area contributed by atoms with E-state index in [4.69, 9.17) is 4.74 Å². The summed E-state index contributed by atoms with van der Waals surface area (Å²) in [6.07, 6.45) is 4.45. The average Bonchev–Trinajstić information content (AvgIpc) is 2.92. The Morgan fingerprint density at radius 3 is 2.50 bits per heavy atom. The van der Waals surface area contributed by atoms with E-state index < -0.39 is 0 Å². The lowest BCUT2D eigenvalue weighted by molar-refractivity contribution is 0.0774. The molecule has 7 nitrogen and oxygen atoms in total. The molecule has 0 aliphatic rings. The SMILES string of the molecule is CN(CCN(CCCOc1ccc2c(ccc(=O)n2C)c1)Cc1ccncc1)C(=O)c1ccccc1. The number of amides is 1. The van der Waals surface area contributed by atoms with E-state index in [2.05, 4.69) is 9.88 Å². The Balaban J connectivity index is 1.33. The Hall–Kier alpha value is -3.97. The van der Waals surface area contributed by atoms with Gasteiger partial charge >= 0.3 is 0 Å². The Morgan fingerprint density at radius 2 is 1.72 bits per heavy atom. The van der Waals surface area contributed by atoms with E-state index in [1.54, 1.807) is 35.0 Å². The summed E-state index contributed by atoms with van der Waals surface area (Å²) < 4.78 is 7.65. The number of nitrogens with zero attached hydrogens (tertiary/aromatic N) is 4. The van der Waals surface area contributed by atoms with Crippen molar-refractivity contribution in [2.75, 3.05) is 33.3 Å². The molecule has 0 bridgehead atoms. The van der Waals surface area contributed by atoms with Gasteiger partial charge in [0.05, 0.1) is 12.1 Å². The van der Waals surface area contributed by atoms with Gasteiger partial charge in [0.2, 0.25) is 0 Å². The predicted octanol–water partition coefficient (Wildman–Crippen LogP) is 3.98. The molecule has 4 rings (SSSR count). The van der Waals surface area contributed by atoms with Crippen LogP contribution in [-0.2, 0) is 13.6 Å². The average molecular weight is 485 g/mol. The van der Waals surface area contributed by atoms with Crippen LogP contribution in [0.2, 0.25) is 0 Å². The maximum Gasteiger partial charge on any atom is 0.253 e.